The molecule has 0 aliphatic carbocycles. The topological polar surface area (TPSA) is 63.2 Å². The van der Waals surface area contributed by atoms with Crippen LogP contribution in [-0.2, 0) is 11.2 Å². The Balaban J connectivity index is 1.56. The van der Waals surface area contributed by atoms with Gasteiger partial charge in [0.05, 0.1) is 12.7 Å². The van der Waals surface area contributed by atoms with Crippen LogP contribution in [0.2, 0.25) is 0 Å². The van der Waals surface area contributed by atoms with Crippen molar-refractivity contribution in [2.75, 3.05) is 37.0 Å². The second kappa shape index (κ2) is 7.17. The summed E-state index contributed by atoms with van der Waals surface area (Å²) in [5.41, 5.74) is 1.27. The first-order valence-electron chi connectivity index (χ1n) is 7.61. The van der Waals surface area contributed by atoms with E-state index in [1.165, 1.54) is 5.56 Å². The highest BCUT2D eigenvalue weighted by Crippen LogP contribution is 2.16. The highest BCUT2D eigenvalue weighted by molar-refractivity contribution is 5.36. The minimum Gasteiger partial charge on any atom is -0.375 e. The number of hydrogen-bond acceptors (Lipinski definition) is 6. The maximum atomic E-state index is 5.88. The van der Waals surface area contributed by atoms with Crippen LogP contribution in [0, 0.1) is 0 Å². The third-order valence-corrected chi connectivity index (χ3v) is 3.81. The van der Waals surface area contributed by atoms with Crippen LogP contribution in [0.1, 0.15) is 12.0 Å². The van der Waals surface area contributed by atoms with E-state index in [1.807, 2.05) is 19.3 Å². The van der Waals surface area contributed by atoms with Crippen molar-refractivity contribution in [3.63, 3.8) is 0 Å². The van der Waals surface area contributed by atoms with E-state index in [4.69, 9.17) is 4.74 Å². The van der Waals surface area contributed by atoms with Gasteiger partial charge in [-0.25, -0.2) is 15.0 Å². The first-order chi connectivity index (χ1) is 10.8. The van der Waals surface area contributed by atoms with Gasteiger partial charge in [0.25, 0.3) is 0 Å². The second-order valence-electron chi connectivity index (χ2n) is 5.33. The molecule has 6 heteroatoms. The maximum Gasteiger partial charge on any atom is 0.225 e. The second-order valence-corrected chi connectivity index (χ2v) is 5.33. The number of aryl methyl sites for hydroxylation is 1. The van der Waals surface area contributed by atoms with Crippen molar-refractivity contribution in [1.82, 2.24) is 15.0 Å². The van der Waals surface area contributed by atoms with Gasteiger partial charge >= 0.3 is 0 Å². The molecule has 22 heavy (non-hydrogen) atoms. The molecular weight excluding hydrogens is 278 g/mol. The van der Waals surface area contributed by atoms with E-state index in [9.17, 15) is 0 Å². The lowest BCUT2D eigenvalue weighted by Gasteiger charge is -2.33. The largest absolute Gasteiger partial charge is 0.375 e. The van der Waals surface area contributed by atoms with Crippen LogP contribution in [0.4, 0.5) is 11.8 Å². The zero-order chi connectivity index (χ0) is 15.2. The molecule has 1 aliphatic heterocycles. The zero-order valence-corrected chi connectivity index (χ0v) is 12.8. The van der Waals surface area contributed by atoms with Crippen molar-refractivity contribution >= 4 is 11.8 Å². The highest BCUT2D eigenvalue weighted by Gasteiger charge is 2.21. The fourth-order valence-corrected chi connectivity index (χ4v) is 2.62. The van der Waals surface area contributed by atoms with Gasteiger partial charge in [-0.15, -0.1) is 0 Å². The number of morpholine rings is 1. The van der Waals surface area contributed by atoms with Crippen LogP contribution in [0.3, 0.4) is 0 Å². The fraction of sp³-hybridized carbons (Fsp3) is 0.438. The molecule has 116 valence electrons. The number of pyridine rings is 1. The fourth-order valence-electron chi connectivity index (χ4n) is 2.62. The minimum atomic E-state index is 0.212. The summed E-state index contributed by atoms with van der Waals surface area (Å²) >= 11 is 0. The summed E-state index contributed by atoms with van der Waals surface area (Å²) in [6.07, 6.45) is 7.57. The van der Waals surface area contributed by atoms with Crippen LogP contribution in [0.5, 0.6) is 0 Å². The third-order valence-electron chi connectivity index (χ3n) is 3.81. The number of nitrogens with zero attached hydrogens (tertiary/aromatic N) is 4. The molecule has 2 aromatic heterocycles. The van der Waals surface area contributed by atoms with E-state index < -0.39 is 0 Å². The van der Waals surface area contributed by atoms with Crippen LogP contribution < -0.4 is 10.2 Å². The van der Waals surface area contributed by atoms with E-state index in [2.05, 4.69) is 37.3 Å². The van der Waals surface area contributed by atoms with E-state index in [-0.39, 0.29) is 6.10 Å². The molecule has 6 nitrogen and oxygen atoms in total. The Hall–Kier alpha value is -2.21. The molecule has 1 unspecified atom stereocenters. The van der Waals surface area contributed by atoms with Crippen LogP contribution in [0.25, 0.3) is 0 Å². The van der Waals surface area contributed by atoms with E-state index in [0.29, 0.717) is 0 Å². The predicted octanol–water partition coefficient (Wildman–Crippen LogP) is 1.75. The number of rotatable bonds is 5. The Labute approximate surface area is 130 Å². The molecule has 1 N–H and O–H groups in total. The van der Waals surface area contributed by atoms with Gasteiger partial charge in [0.1, 0.15) is 5.82 Å². The first kappa shape index (κ1) is 14.7. The molecule has 1 fully saturated rings. The van der Waals surface area contributed by atoms with E-state index in [0.717, 1.165) is 44.3 Å². The molecule has 0 radical (unpaired) electrons. The van der Waals surface area contributed by atoms with Gasteiger partial charge in [-0.3, -0.25) is 0 Å². The summed E-state index contributed by atoms with van der Waals surface area (Å²) < 4.78 is 5.88. The lowest BCUT2D eigenvalue weighted by atomic mass is 10.1. The lowest BCUT2D eigenvalue weighted by Crippen LogP contribution is -2.43. The molecule has 1 saturated heterocycles. The molecule has 0 amide bonds. The molecule has 1 aliphatic rings. The van der Waals surface area contributed by atoms with E-state index in [1.54, 1.807) is 12.4 Å². The Morgan fingerprint density at radius 3 is 2.95 bits per heavy atom. The zero-order valence-electron chi connectivity index (χ0n) is 12.8. The molecule has 3 rings (SSSR count). The van der Waals surface area contributed by atoms with Crippen molar-refractivity contribution < 1.29 is 4.74 Å². The van der Waals surface area contributed by atoms with Gasteiger partial charge in [0.2, 0.25) is 5.95 Å². The standard InChI is InChI=1S/C16H21N5O/c1-17-15-11-13(5-8-18-15)3-4-14-12-21(9-10-22-14)16-19-6-2-7-20-16/h2,5-8,11,14H,3-4,9-10,12H2,1H3,(H,17,18). The Morgan fingerprint density at radius 2 is 2.14 bits per heavy atom. The molecular formula is C16H21N5O. The Bertz CT molecular complexity index is 592. The molecule has 0 spiro atoms. The summed E-state index contributed by atoms with van der Waals surface area (Å²) in [7, 11) is 1.88. The van der Waals surface area contributed by atoms with Crippen molar-refractivity contribution in [1.29, 1.82) is 0 Å². The molecule has 0 bridgehead atoms. The molecule has 0 aromatic carbocycles. The number of aromatic nitrogens is 3. The monoisotopic (exact) mass is 299 g/mol. The number of ether oxygens (including phenoxy) is 1. The molecule has 1 atom stereocenters. The lowest BCUT2D eigenvalue weighted by molar-refractivity contribution is 0.0349. The van der Waals surface area contributed by atoms with Gasteiger partial charge in [-0.1, -0.05) is 0 Å². The van der Waals surface area contributed by atoms with Crippen LogP contribution >= 0.6 is 0 Å². The van der Waals surface area contributed by atoms with Gasteiger partial charge in [-0.2, -0.15) is 0 Å². The Morgan fingerprint density at radius 1 is 1.27 bits per heavy atom. The molecule has 2 aromatic rings. The SMILES string of the molecule is CNc1cc(CCC2CN(c3ncccn3)CCO2)ccn1. The van der Waals surface area contributed by atoms with Gasteiger partial charge in [-0.05, 0) is 36.6 Å². The van der Waals surface area contributed by atoms with Gasteiger partial charge < -0.3 is 15.0 Å². The number of nitrogens with one attached hydrogen (secondary N) is 1. The highest BCUT2D eigenvalue weighted by atomic mass is 16.5. The van der Waals surface area contributed by atoms with Gasteiger partial charge in [0.15, 0.2) is 0 Å². The summed E-state index contributed by atoms with van der Waals surface area (Å²) in [5.74, 6) is 1.69. The minimum absolute atomic E-state index is 0.212. The number of anilines is 2. The third kappa shape index (κ3) is 3.71. The van der Waals surface area contributed by atoms with E-state index >= 15 is 0 Å². The average Bonchev–Trinajstić information content (AvgIpc) is 2.61. The van der Waals surface area contributed by atoms with Crippen LogP contribution in [0.15, 0.2) is 36.8 Å². The Kier molecular flexibility index (Phi) is 4.80. The smallest absolute Gasteiger partial charge is 0.225 e. The first-order valence-corrected chi connectivity index (χ1v) is 7.61. The van der Waals surface area contributed by atoms with Crippen molar-refractivity contribution in [2.45, 2.75) is 18.9 Å². The van der Waals surface area contributed by atoms with Gasteiger partial charge in [0, 0.05) is 38.7 Å². The predicted molar refractivity (Wildman–Crippen MR) is 86.1 cm³/mol. The average molecular weight is 299 g/mol. The molecule has 0 saturated carbocycles. The van der Waals surface area contributed by atoms with Crippen molar-refractivity contribution in [2.24, 2.45) is 0 Å². The maximum absolute atomic E-state index is 5.88. The summed E-state index contributed by atoms with van der Waals surface area (Å²) in [6, 6.07) is 5.98. The van der Waals surface area contributed by atoms with Crippen LogP contribution in [-0.4, -0.2) is 47.8 Å². The summed E-state index contributed by atoms with van der Waals surface area (Å²) in [4.78, 5) is 15.1. The summed E-state index contributed by atoms with van der Waals surface area (Å²) in [5, 5.41) is 3.07. The summed E-state index contributed by atoms with van der Waals surface area (Å²) in [6.45, 7) is 2.41. The van der Waals surface area contributed by atoms with Crippen molar-refractivity contribution in [3.05, 3.63) is 42.4 Å². The normalized spacial score (nSPS) is 18.2. The number of hydrogen-bond donors (Lipinski definition) is 1. The van der Waals surface area contributed by atoms with Crippen molar-refractivity contribution in [3.8, 4) is 0 Å². The quantitative estimate of drug-likeness (QED) is 0.907. The molecule has 3 heterocycles.